The van der Waals surface area contributed by atoms with Gasteiger partial charge in [-0.05, 0) is 13.1 Å². The van der Waals surface area contributed by atoms with Gasteiger partial charge in [-0.15, -0.1) is 0 Å². The molecular formula is C11H14BN3O3. The third kappa shape index (κ3) is 2.62. The Morgan fingerprint density at radius 3 is 2.83 bits per heavy atom. The van der Waals surface area contributed by atoms with Gasteiger partial charge in [-0.1, -0.05) is 11.5 Å². The van der Waals surface area contributed by atoms with Crippen LogP contribution in [0.4, 0.5) is 11.4 Å². The first kappa shape index (κ1) is 12.9. The van der Waals surface area contributed by atoms with Crippen LogP contribution in [0, 0.1) is 10.1 Å². The van der Waals surface area contributed by atoms with Crippen molar-refractivity contribution in [3.05, 3.63) is 28.3 Å². The molecule has 7 heteroatoms. The number of nitro groups is 1. The number of likely N-dealkylation sites (tertiary alicyclic amines) is 1. The highest BCUT2D eigenvalue weighted by molar-refractivity contribution is 6.32. The molecule has 2 rings (SSSR count). The van der Waals surface area contributed by atoms with Crippen molar-refractivity contribution in [2.75, 3.05) is 25.5 Å². The molecule has 2 radical (unpaired) electrons. The van der Waals surface area contributed by atoms with Gasteiger partial charge in [0.1, 0.15) is 13.5 Å². The number of aliphatic hydroxyl groups excluding tert-OH is 1. The van der Waals surface area contributed by atoms with Crippen molar-refractivity contribution in [2.45, 2.75) is 12.1 Å². The zero-order valence-corrected chi connectivity index (χ0v) is 10.0. The second kappa shape index (κ2) is 4.95. The minimum atomic E-state index is -0.535. The van der Waals surface area contributed by atoms with E-state index in [9.17, 15) is 15.2 Å². The number of aliphatic hydroxyl groups is 1. The Labute approximate surface area is 106 Å². The summed E-state index contributed by atoms with van der Waals surface area (Å²) in [5.41, 5.74) is 0.654. The van der Waals surface area contributed by atoms with Crippen molar-refractivity contribution in [3.8, 4) is 0 Å². The third-order valence-electron chi connectivity index (χ3n) is 3.03. The first-order chi connectivity index (χ1) is 8.47. The average molecular weight is 247 g/mol. The van der Waals surface area contributed by atoms with Gasteiger partial charge in [-0.25, -0.2) is 0 Å². The Bertz CT molecular complexity index is 469. The van der Waals surface area contributed by atoms with Crippen molar-refractivity contribution >= 4 is 24.7 Å². The summed E-state index contributed by atoms with van der Waals surface area (Å²) < 4.78 is 0. The molecule has 1 fully saturated rings. The lowest BCUT2D eigenvalue weighted by atomic mass is 9.95. The van der Waals surface area contributed by atoms with Crippen LogP contribution in [0.5, 0.6) is 0 Å². The molecule has 6 nitrogen and oxygen atoms in total. The largest absolute Gasteiger partial charge is 0.390 e. The predicted octanol–water partition coefficient (Wildman–Crippen LogP) is -0.525. The lowest BCUT2D eigenvalue weighted by Gasteiger charge is -2.17. The van der Waals surface area contributed by atoms with Gasteiger partial charge in [-0.2, -0.15) is 0 Å². The number of nitrogens with one attached hydrogen (secondary N) is 1. The highest BCUT2D eigenvalue weighted by Crippen LogP contribution is 2.24. The van der Waals surface area contributed by atoms with E-state index in [-0.39, 0.29) is 11.7 Å². The van der Waals surface area contributed by atoms with E-state index in [0.29, 0.717) is 24.2 Å². The fourth-order valence-electron chi connectivity index (χ4n) is 2.14. The molecule has 1 aliphatic rings. The predicted molar refractivity (Wildman–Crippen MR) is 69.4 cm³/mol. The molecule has 0 aliphatic carbocycles. The summed E-state index contributed by atoms with van der Waals surface area (Å²) in [6.45, 7) is 1.20. The molecule has 1 aromatic carbocycles. The van der Waals surface area contributed by atoms with Gasteiger partial charge in [0.2, 0.25) is 0 Å². The SMILES string of the molecule is [B]c1ccc(NC2CN(C)CC2O)c([N+](=O)[O-])c1. The second-order valence-corrected chi connectivity index (χ2v) is 4.57. The molecular weight excluding hydrogens is 233 g/mol. The van der Waals surface area contributed by atoms with Crippen molar-refractivity contribution in [1.82, 2.24) is 4.90 Å². The van der Waals surface area contributed by atoms with E-state index in [2.05, 4.69) is 5.32 Å². The maximum absolute atomic E-state index is 10.9. The van der Waals surface area contributed by atoms with Crippen LogP contribution >= 0.6 is 0 Å². The first-order valence-corrected chi connectivity index (χ1v) is 5.64. The smallest absolute Gasteiger partial charge is 0.291 e. The standard InChI is InChI=1S/C11H14BN3O3/c1-14-5-9(11(16)6-14)13-8-3-2-7(12)4-10(8)15(17)18/h2-4,9,11,13,16H,5-6H2,1H3. The summed E-state index contributed by atoms with van der Waals surface area (Å²) in [5.74, 6) is 0. The molecule has 1 aliphatic heterocycles. The Morgan fingerprint density at radius 2 is 2.28 bits per heavy atom. The zero-order valence-electron chi connectivity index (χ0n) is 10.0. The van der Waals surface area contributed by atoms with Crippen LogP contribution in [0.3, 0.4) is 0 Å². The molecule has 0 saturated carbocycles. The quantitative estimate of drug-likeness (QED) is 0.426. The normalized spacial score (nSPS) is 24.1. The molecule has 94 valence electrons. The fourth-order valence-corrected chi connectivity index (χ4v) is 2.14. The van der Waals surface area contributed by atoms with Crippen molar-refractivity contribution < 1.29 is 10.0 Å². The second-order valence-electron chi connectivity index (χ2n) is 4.57. The Hall–Kier alpha value is -1.60. The van der Waals surface area contributed by atoms with E-state index in [0.717, 1.165) is 0 Å². The molecule has 1 aromatic rings. The molecule has 0 spiro atoms. The number of hydrogen-bond donors (Lipinski definition) is 2. The number of hydrogen-bond acceptors (Lipinski definition) is 5. The van der Waals surface area contributed by atoms with Crippen molar-refractivity contribution in [1.29, 1.82) is 0 Å². The van der Waals surface area contributed by atoms with Crippen LogP contribution in [0.15, 0.2) is 18.2 Å². The summed E-state index contributed by atoms with van der Waals surface area (Å²) >= 11 is 0. The lowest BCUT2D eigenvalue weighted by Crippen LogP contribution is -2.32. The zero-order chi connectivity index (χ0) is 13.3. The monoisotopic (exact) mass is 247 g/mol. The molecule has 1 heterocycles. The minimum Gasteiger partial charge on any atom is -0.390 e. The summed E-state index contributed by atoms with van der Waals surface area (Å²) in [5, 5.41) is 23.7. The molecule has 2 atom stereocenters. The molecule has 0 amide bonds. The van der Waals surface area contributed by atoms with E-state index in [1.165, 1.54) is 6.07 Å². The Kier molecular flexibility index (Phi) is 3.54. The highest BCUT2D eigenvalue weighted by atomic mass is 16.6. The third-order valence-corrected chi connectivity index (χ3v) is 3.03. The van der Waals surface area contributed by atoms with Crippen LogP contribution in [-0.4, -0.2) is 55.1 Å². The van der Waals surface area contributed by atoms with Gasteiger partial charge < -0.3 is 15.3 Å². The molecule has 0 aromatic heterocycles. The number of anilines is 1. The molecule has 0 bridgehead atoms. The summed E-state index contributed by atoms with van der Waals surface area (Å²) in [6, 6.07) is 4.27. The van der Waals surface area contributed by atoms with Crippen molar-refractivity contribution in [2.24, 2.45) is 0 Å². The van der Waals surface area contributed by atoms with Crippen LogP contribution in [0.2, 0.25) is 0 Å². The number of rotatable bonds is 3. The minimum absolute atomic E-state index is 0.0725. The van der Waals surface area contributed by atoms with E-state index in [4.69, 9.17) is 7.85 Å². The fraction of sp³-hybridized carbons (Fsp3) is 0.455. The first-order valence-electron chi connectivity index (χ1n) is 5.64. The number of benzene rings is 1. The molecule has 1 saturated heterocycles. The van der Waals surface area contributed by atoms with Crippen LogP contribution in [0.1, 0.15) is 0 Å². The van der Waals surface area contributed by atoms with E-state index in [1.54, 1.807) is 12.1 Å². The van der Waals surface area contributed by atoms with Gasteiger partial charge in [0, 0.05) is 19.2 Å². The number of β-amino-alcohol motifs (C(OH)–C–C–N with tert-alkyl or cyclic N) is 1. The number of nitrogens with zero attached hydrogens (tertiary/aromatic N) is 2. The van der Waals surface area contributed by atoms with E-state index >= 15 is 0 Å². The van der Waals surface area contributed by atoms with Gasteiger partial charge >= 0.3 is 0 Å². The topological polar surface area (TPSA) is 78.6 Å². The number of nitro benzene ring substituents is 1. The molecule has 2 N–H and O–H groups in total. The maximum Gasteiger partial charge on any atom is 0.291 e. The maximum atomic E-state index is 10.9. The van der Waals surface area contributed by atoms with Gasteiger partial charge in [0.15, 0.2) is 0 Å². The highest BCUT2D eigenvalue weighted by Gasteiger charge is 2.30. The van der Waals surface area contributed by atoms with E-state index < -0.39 is 11.0 Å². The van der Waals surface area contributed by atoms with Gasteiger partial charge in [-0.3, -0.25) is 10.1 Å². The Morgan fingerprint density at radius 1 is 1.56 bits per heavy atom. The van der Waals surface area contributed by atoms with Crippen LogP contribution in [-0.2, 0) is 0 Å². The average Bonchev–Trinajstić information content (AvgIpc) is 2.60. The van der Waals surface area contributed by atoms with Gasteiger partial charge in [0.25, 0.3) is 5.69 Å². The summed E-state index contributed by atoms with van der Waals surface area (Å²) in [4.78, 5) is 12.4. The summed E-state index contributed by atoms with van der Waals surface area (Å²) in [6.07, 6.45) is -0.535. The summed E-state index contributed by atoms with van der Waals surface area (Å²) in [7, 11) is 7.42. The van der Waals surface area contributed by atoms with Crippen molar-refractivity contribution in [3.63, 3.8) is 0 Å². The van der Waals surface area contributed by atoms with Crippen LogP contribution in [0.25, 0.3) is 0 Å². The van der Waals surface area contributed by atoms with Gasteiger partial charge in [0.05, 0.1) is 17.1 Å². The Balaban J connectivity index is 2.21. The number of likely N-dealkylation sites (N-methyl/N-ethyl adjacent to an activating group) is 1. The molecule has 2 unspecified atom stereocenters. The lowest BCUT2D eigenvalue weighted by molar-refractivity contribution is -0.383. The molecule has 18 heavy (non-hydrogen) atoms. The van der Waals surface area contributed by atoms with Crippen LogP contribution < -0.4 is 10.8 Å². The van der Waals surface area contributed by atoms with E-state index in [1.807, 2.05) is 11.9 Å².